The number of ether oxygens (including phenoxy) is 2. The number of rotatable bonds is 5. The number of amides is 1. The van der Waals surface area contributed by atoms with Crippen molar-refractivity contribution in [1.29, 1.82) is 0 Å². The molecule has 8 heteroatoms. The van der Waals surface area contributed by atoms with Crippen LogP contribution >= 0.6 is 11.6 Å². The van der Waals surface area contributed by atoms with E-state index >= 15 is 0 Å². The molecule has 1 aliphatic heterocycles. The Balaban J connectivity index is 1.55. The molecule has 0 atom stereocenters. The first-order chi connectivity index (χ1) is 15.0. The van der Waals surface area contributed by atoms with Gasteiger partial charge in [-0.15, -0.1) is 0 Å². The van der Waals surface area contributed by atoms with Crippen molar-refractivity contribution in [2.75, 3.05) is 20.8 Å². The average Bonchev–Trinajstić information content (AvgIpc) is 2.80. The van der Waals surface area contributed by atoms with Gasteiger partial charge in [-0.1, -0.05) is 17.7 Å². The average molecular weight is 440 g/mol. The largest absolute Gasteiger partial charge is 0.497 e. The first kappa shape index (κ1) is 20.9. The molecule has 0 fully saturated rings. The zero-order valence-electron chi connectivity index (χ0n) is 17.3. The van der Waals surface area contributed by atoms with Crippen LogP contribution in [0.4, 0.5) is 0 Å². The second kappa shape index (κ2) is 8.81. The number of carbonyl (C=O) groups excluding carboxylic acids is 1. The van der Waals surface area contributed by atoms with Gasteiger partial charge >= 0.3 is 0 Å². The Labute approximate surface area is 184 Å². The van der Waals surface area contributed by atoms with E-state index in [1.54, 1.807) is 37.3 Å². The Kier molecular flexibility index (Phi) is 5.95. The molecule has 0 aliphatic carbocycles. The molecule has 3 aromatic rings. The van der Waals surface area contributed by atoms with Gasteiger partial charge in [-0.2, -0.15) is 0 Å². The van der Waals surface area contributed by atoms with Crippen LogP contribution in [0.5, 0.6) is 11.5 Å². The summed E-state index contributed by atoms with van der Waals surface area (Å²) in [6, 6.07) is 12.6. The third-order valence-electron chi connectivity index (χ3n) is 5.39. The van der Waals surface area contributed by atoms with Gasteiger partial charge in [0.05, 0.1) is 32.9 Å². The van der Waals surface area contributed by atoms with Gasteiger partial charge in [0.15, 0.2) is 0 Å². The van der Waals surface area contributed by atoms with Crippen LogP contribution in [0.15, 0.2) is 47.3 Å². The van der Waals surface area contributed by atoms with Gasteiger partial charge in [0.2, 0.25) is 5.91 Å². The normalized spacial score (nSPS) is 12.9. The summed E-state index contributed by atoms with van der Waals surface area (Å²) in [6.07, 6.45) is 0.634. The maximum atomic E-state index is 12.9. The number of methoxy groups -OCH3 is 2. The maximum absolute atomic E-state index is 12.9. The molecule has 0 saturated heterocycles. The first-order valence-corrected chi connectivity index (χ1v) is 10.2. The number of H-pyrrole nitrogens is 1. The highest BCUT2D eigenvalue weighted by Gasteiger charge is 2.25. The molecule has 1 aliphatic rings. The number of nitrogens with zero attached hydrogens (tertiary/aromatic N) is 2. The summed E-state index contributed by atoms with van der Waals surface area (Å²) in [5.41, 5.74) is 2.59. The van der Waals surface area contributed by atoms with Gasteiger partial charge in [0, 0.05) is 22.7 Å². The fourth-order valence-corrected chi connectivity index (χ4v) is 3.85. The third-order valence-corrected chi connectivity index (χ3v) is 5.74. The Morgan fingerprint density at radius 2 is 1.84 bits per heavy atom. The van der Waals surface area contributed by atoms with Crippen LogP contribution in [-0.2, 0) is 24.2 Å². The highest BCUT2D eigenvalue weighted by Crippen LogP contribution is 2.25. The van der Waals surface area contributed by atoms with Crippen molar-refractivity contribution in [3.8, 4) is 22.9 Å². The zero-order chi connectivity index (χ0) is 22.0. The Hall–Kier alpha value is -3.32. The lowest BCUT2D eigenvalue weighted by atomic mass is 10.0. The number of hydrogen-bond donors (Lipinski definition) is 1. The fourth-order valence-electron chi connectivity index (χ4n) is 3.61. The highest BCUT2D eigenvalue weighted by atomic mass is 35.5. The van der Waals surface area contributed by atoms with Crippen molar-refractivity contribution in [2.24, 2.45) is 0 Å². The van der Waals surface area contributed by atoms with Crippen LogP contribution in [0, 0.1) is 0 Å². The Bertz CT molecular complexity index is 1170. The monoisotopic (exact) mass is 439 g/mol. The van der Waals surface area contributed by atoms with Gasteiger partial charge in [0.1, 0.15) is 17.3 Å². The molecule has 1 N–H and O–H groups in total. The topological polar surface area (TPSA) is 84.5 Å². The molecule has 0 unspecified atom stereocenters. The van der Waals surface area contributed by atoms with Crippen molar-refractivity contribution in [3.63, 3.8) is 0 Å². The lowest BCUT2D eigenvalue weighted by Crippen LogP contribution is -2.40. The van der Waals surface area contributed by atoms with Crippen LogP contribution in [0.3, 0.4) is 0 Å². The number of halogens is 1. The zero-order valence-corrected chi connectivity index (χ0v) is 18.0. The molecule has 31 heavy (non-hydrogen) atoms. The first-order valence-electron chi connectivity index (χ1n) is 9.85. The number of fused-ring (bicyclic) bond motifs is 1. The van der Waals surface area contributed by atoms with Gasteiger partial charge < -0.3 is 19.4 Å². The molecule has 2 heterocycles. The second-order valence-corrected chi connectivity index (χ2v) is 7.67. The van der Waals surface area contributed by atoms with E-state index in [2.05, 4.69) is 9.97 Å². The molecule has 1 amide bonds. The molecular formula is C23H22ClN3O4. The van der Waals surface area contributed by atoms with Crippen molar-refractivity contribution in [2.45, 2.75) is 19.4 Å². The number of aromatic amines is 1. The molecule has 0 bridgehead atoms. The van der Waals surface area contributed by atoms with Crippen molar-refractivity contribution < 1.29 is 14.3 Å². The molecule has 2 aromatic carbocycles. The minimum Gasteiger partial charge on any atom is -0.497 e. The fraction of sp³-hybridized carbons (Fsp3) is 0.261. The second-order valence-electron chi connectivity index (χ2n) is 7.27. The minimum atomic E-state index is -0.166. The van der Waals surface area contributed by atoms with Gasteiger partial charge in [-0.25, -0.2) is 4.98 Å². The van der Waals surface area contributed by atoms with E-state index in [0.717, 1.165) is 16.9 Å². The molecule has 0 saturated carbocycles. The van der Waals surface area contributed by atoms with E-state index in [9.17, 15) is 9.59 Å². The lowest BCUT2D eigenvalue weighted by Gasteiger charge is -2.28. The van der Waals surface area contributed by atoms with E-state index in [1.165, 1.54) is 0 Å². The number of carbonyl (C=O) groups is 1. The van der Waals surface area contributed by atoms with Crippen molar-refractivity contribution in [1.82, 2.24) is 14.9 Å². The van der Waals surface area contributed by atoms with Crippen LogP contribution in [0.1, 0.15) is 16.8 Å². The van der Waals surface area contributed by atoms with Gasteiger partial charge in [-0.05, 0) is 48.4 Å². The molecule has 160 valence electrons. The van der Waals surface area contributed by atoms with Crippen LogP contribution in [-0.4, -0.2) is 41.5 Å². The number of benzene rings is 2. The molecule has 4 rings (SSSR count). The molecular weight excluding hydrogens is 418 g/mol. The molecule has 0 spiro atoms. The molecule has 0 radical (unpaired) electrons. The maximum Gasteiger partial charge on any atom is 0.254 e. The summed E-state index contributed by atoms with van der Waals surface area (Å²) in [4.78, 5) is 34.7. The lowest BCUT2D eigenvalue weighted by molar-refractivity contribution is -0.131. The van der Waals surface area contributed by atoms with E-state index in [1.807, 2.05) is 24.3 Å². The minimum absolute atomic E-state index is 0.0641. The van der Waals surface area contributed by atoms with Crippen LogP contribution in [0.2, 0.25) is 5.02 Å². The predicted molar refractivity (Wildman–Crippen MR) is 118 cm³/mol. The smallest absolute Gasteiger partial charge is 0.254 e. The Morgan fingerprint density at radius 1 is 1.13 bits per heavy atom. The van der Waals surface area contributed by atoms with E-state index in [-0.39, 0.29) is 24.4 Å². The summed E-state index contributed by atoms with van der Waals surface area (Å²) in [5.74, 6) is 1.77. The van der Waals surface area contributed by atoms with E-state index < -0.39 is 0 Å². The van der Waals surface area contributed by atoms with Crippen LogP contribution < -0.4 is 15.0 Å². The van der Waals surface area contributed by atoms with Gasteiger partial charge in [0.25, 0.3) is 5.56 Å². The molecule has 7 nitrogen and oxygen atoms in total. The SMILES string of the molecule is COc1ccc(-c2nc3c(c(=O)[nH]2)CCN(C(=O)Cc2ccc(OC)cc2Cl)C3)cc1. The quantitative estimate of drug-likeness (QED) is 0.659. The number of aromatic nitrogens is 2. The highest BCUT2D eigenvalue weighted by molar-refractivity contribution is 6.31. The van der Waals surface area contributed by atoms with E-state index in [0.29, 0.717) is 40.8 Å². The summed E-state index contributed by atoms with van der Waals surface area (Å²) in [7, 11) is 3.16. The summed E-state index contributed by atoms with van der Waals surface area (Å²) in [5, 5.41) is 0.487. The summed E-state index contributed by atoms with van der Waals surface area (Å²) in [6.45, 7) is 0.751. The van der Waals surface area contributed by atoms with Crippen molar-refractivity contribution in [3.05, 3.63) is 74.7 Å². The van der Waals surface area contributed by atoms with E-state index in [4.69, 9.17) is 21.1 Å². The number of hydrogen-bond acceptors (Lipinski definition) is 5. The standard InChI is InChI=1S/C23H22ClN3O4/c1-30-16-6-3-14(4-7-16)22-25-20-13-27(10-9-18(20)23(29)26-22)21(28)11-15-5-8-17(31-2)12-19(15)24/h3-8,12H,9-11,13H2,1-2H3,(H,25,26,29). The Morgan fingerprint density at radius 3 is 2.52 bits per heavy atom. The van der Waals surface area contributed by atoms with Gasteiger partial charge in [-0.3, -0.25) is 9.59 Å². The molecule has 1 aromatic heterocycles. The summed E-state index contributed by atoms with van der Waals surface area (Å²) >= 11 is 6.29. The summed E-state index contributed by atoms with van der Waals surface area (Å²) < 4.78 is 10.3. The van der Waals surface area contributed by atoms with Crippen molar-refractivity contribution >= 4 is 17.5 Å². The number of nitrogens with one attached hydrogen (secondary N) is 1. The van der Waals surface area contributed by atoms with Crippen LogP contribution in [0.25, 0.3) is 11.4 Å². The third kappa shape index (κ3) is 4.41. The predicted octanol–water partition coefficient (Wildman–Crippen LogP) is 3.23.